The van der Waals surface area contributed by atoms with Gasteiger partial charge in [0.05, 0.1) is 19.3 Å². The van der Waals surface area contributed by atoms with Gasteiger partial charge in [-0.1, -0.05) is 160 Å². The first-order valence-electron chi connectivity index (χ1n) is 21.8. The molecular weight excluding hydrogens is 778 g/mol. The van der Waals surface area contributed by atoms with E-state index in [2.05, 4.69) is 80.7 Å². The molecular formula is C49H76NO9P. The van der Waals surface area contributed by atoms with E-state index in [4.69, 9.17) is 24.3 Å². The van der Waals surface area contributed by atoms with Crippen molar-refractivity contribution in [1.29, 1.82) is 0 Å². The Morgan fingerprint density at radius 2 is 1.10 bits per heavy atom. The summed E-state index contributed by atoms with van der Waals surface area (Å²) in [5.74, 6) is -1.07. The molecule has 10 nitrogen and oxygen atoms in total. The maximum atomic E-state index is 12.6. The zero-order valence-electron chi connectivity index (χ0n) is 36.5. The number of nitrogens with two attached hydrogens (primary N) is 1. The lowest BCUT2D eigenvalue weighted by Crippen LogP contribution is -2.29. The molecule has 0 aromatic rings. The fourth-order valence-electron chi connectivity index (χ4n) is 4.90. The van der Waals surface area contributed by atoms with E-state index < -0.39 is 38.6 Å². The zero-order valence-corrected chi connectivity index (χ0v) is 37.4. The predicted molar refractivity (Wildman–Crippen MR) is 248 cm³/mol. The molecule has 0 heterocycles. The summed E-state index contributed by atoms with van der Waals surface area (Å²) in [7, 11) is -4.44. The van der Waals surface area contributed by atoms with Crippen LogP contribution in [-0.2, 0) is 32.7 Å². The lowest BCUT2D eigenvalue weighted by Gasteiger charge is -2.19. The normalized spacial score (nSPS) is 15.1. The number of phosphoric acid groups is 1. The molecule has 0 saturated heterocycles. The van der Waals surface area contributed by atoms with Gasteiger partial charge in [0, 0.05) is 19.4 Å². The fourth-order valence-corrected chi connectivity index (χ4v) is 5.67. The van der Waals surface area contributed by atoms with Crippen LogP contribution in [0, 0.1) is 0 Å². The Hall–Kier alpha value is -3.89. The molecule has 0 aromatic heterocycles. The third kappa shape index (κ3) is 42.2. The molecule has 2 unspecified atom stereocenters. The van der Waals surface area contributed by atoms with E-state index in [0.29, 0.717) is 25.7 Å². The van der Waals surface area contributed by atoms with E-state index in [1.54, 1.807) is 6.08 Å². The van der Waals surface area contributed by atoms with Crippen LogP contribution in [0.1, 0.15) is 123 Å². The van der Waals surface area contributed by atoms with E-state index in [-0.39, 0.29) is 32.6 Å². The van der Waals surface area contributed by atoms with Gasteiger partial charge in [0.15, 0.2) is 6.10 Å². The number of esters is 2. The minimum absolute atomic E-state index is 0.0160. The molecule has 0 radical (unpaired) electrons. The Kier molecular flexibility index (Phi) is 40.4. The number of hydrogen-bond donors (Lipinski definition) is 3. The van der Waals surface area contributed by atoms with Crippen molar-refractivity contribution in [2.24, 2.45) is 5.73 Å². The Morgan fingerprint density at radius 1 is 0.600 bits per heavy atom. The number of carbonyl (C=O) groups excluding carboxylic acids is 2. The van der Waals surface area contributed by atoms with Gasteiger partial charge < -0.3 is 25.2 Å². The Bertz CT molecular complexity index is 1450. The van der Waals surface area contributed by atoms with Gasteiger partial charge in [0.1, 0.15) is 6.61 Å². The van der Waals surface area contributed by atoms with Crippen LogP contribution in [0.5, 0.6) is 0 Å². The van der Waals surface area contributed by atoms with Crippen molar-refractivity contribution in [2.45, 2.75) is 135 Å². The van der Waals surface area contributed by atoms with Crippen LogP contribution < -0.4 is 5.73 Å². The van der Waals surface area contributed by atoms with E-state index in [9.17, 15) is 24.2 Å². The summed E-state index contributed by atoms with van der Waals surface area (Å²) in [6, 6.07) is 0. The van der Waals surface area contributed by atoms with Crippen molar-refractivity contribution in [1.82, 2.24) is 0 Å². The van der Waals surface area contributed by atoms with Crippen LogP contribution in [0.15, 0.2) is 134 Å². The number of allylic oxidation sites excluding steroid dienone is 20. The van der Waals surface area contributed by atoms with Crippen molar-refractivity contribution in [2.75, 3.05) is 26.4 Å². The molecule has 0 fully saturated rings. The highest BCUT2D eigenvalue weighted by Crippen LogP contribution is 2.43. The Morgan fingerprint density at radius 3 is 1.65 bits per heavy atom. The highest BCUT2D eigenvalue weighted by atomic mass is 31.2. The molecule has 11 heteroatoms. The Labute approximate surface area is 362 Å². The molecule has 0 aliphatic rings. The molecule has 0 bridgehead atoms. The van der Waals surface area contributed by atoms with Crippen LogP contribution >= 0.6 is 7.82 Å². The van der Waals surface area contributed by atoms with Crippen LogP contribution in [0.25, 0.3) is 0 Å². The van der Waals surface area contributed by atoms with Gasteiger partial charge in [-0.05, 0) is 83.5 Å². The SMILES string of the molecule is CC/C=C\C/C=C\CC(O)/C=C/C=C\C/C=C\C/C=C\CCC(=O)O[C@H](COC(=O)CC/C=C\C/C=C\C/C=C\C/C=C\C/C=C\CCCCC)COP(=O)(O)OCCN. The van der Waals surface area contributed by atoms with E-state index in [1.807, 2.05) is 60.8 Å². The number of aliphatic hydroxyl groups is 1. The summed E-state index contributed by atoms with van der Waals surface area (Å²) < 4.78 is 32.6. The molecule has 0 aromatic carbocycles. The maximum Gasteiger partial charge on any atom is 0.472 e. The van der Waals surface area contributed by atoms with Crippen molar-refractivity contribution >= 4 is 19.8 Å². The number of carbonyl (C=O) groups is 2. The van der Waals surface area contributed by atoms with E-state index >= 15 is 0 Å². The molecule has 0 aliphatic heterocycles. The Balaban J connectivity index is 4.49. The first kappa shape index (κ1) is 56.1. The van der Waals surface area contributed by atoms with Crippen LogP contribution in [-0.4, -0.2) is 60.5 Å². The second kappa shape index (κ2) is 43.2. The van der Waals surface area contributed by atoms with E-state index in [1.165, 1.54) is 25.7 Å². The van der Waals surface area contributed by atoms with Crippen LogP contribution in [0.4, 0.5) is 0 Å². The van der Waals surface area contributed by atoms with Crippen molar-refractivity contribution in [3.63, 3.8) is 0 Å². The van der Waals surface area contributed by atoms with Gasteiger partial charge in [-0.15, -0.1) is 0 Å². The monoisotopic (exact) mass is 854 g/mol. The molecule has 336 valence electrons. The van der Waals surface area contributed by atoms with Crippen LogP contribution in [0.2, 0.25) is 0 Å². The third-order valence-corrected chi connectivity index (χ3v) is 9.11. The summed E-state index contributed by atoms with van der Waals surface area (Å²) >= 11 is 0. The van der Waals surface area contributed by atoms with Gasteiger partial charge in [-0.3, -0.25) is 18.6 Å². The average molecular weight is 854 g/mol. The fraction of sp³-hybridized carbons (Fsp3) is 0.510. The lowest BCUT2D eigenvalue weighted by molar-refractivity contribution is -0.161. The summed E-state index contributed by atoms with van der Waals surface area (Å²) in [4.78, 5) is 34.8. The number of unbranched alkanes of at least 4 members (excludes halogenated alkanes) is 3. The third-order valence-electron chi connectivity index (χ3n) is 8.13. The second-order valence-corrected chi connectivity index (χ2v) is 15.1. The van der Waals surface area contributed by atoms with Gasteiger partial charge >= 0.3 is 19.8 Å². The molecule has 0 saturated carbocycles. The number of phosphoric ester groups is 1. The van der Waals surface area contributed by atoms with Gasteiger partial charge in [0.25, 0.3) is 0 Å². The quantitative estimate of drug-likeness (QED) is 0.0180. The minimum Gasteiger partial charge on any atom is -0.462 e. The second-order valence-electron chi connectivity index (χ2n) is 13.7. The number of aliphatic hydroxyl groups excluding tert-OH is 1. The largest absolute Gasteiger partial charge is 0.472 e. The highest BCUT2D eigenvalue weighted by Gasteiger charge is 2.25. The predicted octanol–water partition coefficient (Wildman–Crippen LogP) is 11.7. The van der Waals surface area contributed by atoms with Gasteiger partial charge in [0.2, 0.25) is 0 Å². The first-order valence-corrected chi connectivity index (χ1v) is 23.3. The summed E-state index contributed by atoms with van der Waals surface area (Å²) in [6.07, 6.45) is 56.8. The minimum atomic E-state index is -4.44. The molecule has 0 rings (SSSR count). The number of rotatable bonds is 38. The average Bonchev–Trinajstić information content (AvgIpc) is 3.23. The number of hydrogen-bond acceptors (Lipinski definition) is 9. The lowest BCUT2D eigenvalue weighted by atomic mass is 10.2. The van der Waals surface area contributed by atoms with E-state index in [0.717, 1.165) is 44.9 Å². The molecule has 0 amide bonds. The molecule has 60 heavy (non-hydrogen) atoms. The highest BCUT2D eigenvalue weighted by molar-refractivity contribution is 7.47. The maximum absolute atomic E-state index is 12.6. The van der Waals surface area contributed by atoms with Crippen molar-refractivity contribution in [3.05, 3.63) is 134 Å². The van der Waals surface area contributed by atoms with Gasteiger partial charge in [-0.2, -0.15) is 0 Å². The molecule has 0 spiro atoms. The summed E-state index contributed by atoms with van der Waals surface area (Å²) in [6.45, 7) is 3.29. The zero-order chi connectivity index (χ0) is 44.0. The van der Waals surface area contributed by atoms with Crippen molar-refractivity contribution < 1.29 is 42.7 Å². The first-order chi connectivity index (χ1) is 29.2. The standard InChI is InChI=1S/C49H76NO9P/c1-3-5-7-9-11-12-13-14-15-16-17-18-19-20-21-25-28-32-36-40-48(52)56-44-47(45-58-60(54,55)57-43-42-50)59-49(53)41-37-33-29-26-23-22-24-27-31-35-39-46(51)38-34-30-10-8-6-4-2/h6,8,11-12,14-15,17-18,20-23,27-35,39,46-47,51H,3-5,7,9-10,13,16,19,24-26,36-38,40-45,50H2,1-2H3,(H,54,55)/b8-6-,12-11-,15-14-,18-17-,21-20-,23-22-,31-27-,32-28-,33-29-,34-30-,39-35+/t46?,47-/m1/s1. The molecule has 0 aliphatic carbocycles. The van der Waals surface area contributed by atoms with Gasteiger partial charge in [-0.25, -0.2) is 4.57 Å². The molecule has 3 atom stereocenters. The summed E-state index contributed by atoms with van der Waals surface area (Å²) in [5, 5.41) is 10.00. The topological polar surface area (TPSA) is 155 Å². The van der Waals surface area contributed by atoms with Crippen molar-refractivity contribution in [3.8, 4) is 0 Å². The number of ether oxygens (including phenoxy) is 2. The van der Waals surface area contributed by atoms with Crippen LogP contribution in [0.3, 0.4) is 0 Å². The summed E-state index contributed by atoms with van der Waals surface area (Å²) in [5.41, 5.74) is 5.33. The molecule has 4 N–H and O–H groups in total. The smallest absolute Gasteiger partial charge is 0.462 e.